The lowest BCUT2D eigenvalue weighted by Crippen LogP contribution is -2.04. The highest BCUT2D eigenvalue weighted by Gasteiger charge is 1.99. The Morgan fingerprint density at radius 3 is 3.00 bits per heavy atom. The molecule has 2 aromatic rings. The molecule has 0 aliphatic carbocycles. The van der Waals surface area contributed by atoms with Gasteiger partial charge in [-0.25, -0.2) is 0 Å². The molecule has 1 aromatic carbocycles. The predicted octanol–water partition coefficient (Wildman–Crippen LogP) is 1.75. The van der Waals surface area contributed by atoms with E-state index in [0.29, 0.717) is 6.61 Å². The summed E-state index contributed by atoms with van der Waals surface area (Å²) < 4.78 is 6.98. The van der Waals surface area contributed by atoms with Gasteiger partial charge in [0.1, 0.15) is 5.75 Å². The minimum absolute atomic E-state index is 0.689. The van der Waals surface area contributed by atoms with E-state index in [-0.39, 0.29) is 0 Å². The molecule has 0 radical (unpaired) electrons. The molecule has 68 valence electrons. The highest BCUT2D eigenvalue weighted by Crippen LogP contribution is 2.20. The number of hydrogen-bond donors (Lipinski definition) is 1. The fourth-order valence-corrected chi connectivity index (χ4v) is 1.40. The lowest BCUT2D eigenvalue weighted by Gasteiger charge is -2.02. The first kappa shape index (κ1) is 7.98. The van der Waals surface area contributed by atoms with Crippen molar-refractivity contribution in [1.82, 2.24) is 4.68 Å². The summed E-state index contributed by atoms with van der Waals surface area (Å²) in [4.78, 5) is 0. The van der Waals surface area contributed by atoms with Crippen molar-refractivity contribution < 1.29 is 4.74 Å². The van der Waals surface area contributed by atoms with Gasteiger partial charge >= 0.3 is 0 Å². The summed E-state index contributed by atoms with van der Waals surface area (Å²) in [5.74, 6) is 6.57. The number of benzene rings is 1. The van der Waals surface area contributed by atoms with Gasteiger partial charge in [-0.05, 0) is 31.2 Å². The predicted molar refractivity (Wildman–Crippen MR) is 53.3 cm³/mol. The molecule has 0 fully saturated rings. The van der Waals surface area contributed by atoms with E-state index in [1.54, 1.807) is 4.68 Å². The van der Waals surface area contributed by atoms with Crippen LogP contribution in [0.25, 0.3) is 10.9 Å². The SMILES string of the molecule is CCOc1ccc2c(ccn2N)c1. The van der Waals surface area contributed by atoms with Crippen molar-refractivity contribution in [2.75, 3.05) is 12.4 Å². The van der Waals surface area contributed by atoms with Crippen LogP contribution in [-0.4, -0.2) is 11.3 Å². The molecule has 2 N–H and O–H groups in total. The average molecular weight is 176 g/mol. The molecule has 1 aromatic heterocycles. The average Bonchev–Trinajstić information content (AvgIpc) is 2.48. The lowest BCUT2D eigenvalue weighted by atomic mass is 10.2. The molecule has 3 nitrogen and oxygen atoms in total. The number of fused-ring (bicyclic) bond motifs is 1. The van der Waals surface area contributed by atoms with Crippen LogP contribution in [0.3, 0.4) is 0 Å². The molecule has 0 saturated carbocycles. The first-order valence-electron chi connectivity index (χ1n) is 4.30. The van der Waals surface area contributed by atoms with Crippen molar-refractivity contribution in [3.05, 3.63) is 30.5 Å². The molecule has 2 rings (SSSR count). The van der Waals surface area contributed by atoms with Crippen molar-refractivity contribution >= 4 is 10.9 Å². The topological polar surface area (TPSA) is 40.2 Å². The van der Waals surface area contributed by atoms with Crippen molar-refractivity contribution in [2.45, 2.75) is 6.92 Å². The van der Waals surface area contributed by atoms with Gasteiger partial charge < -0.3 is 10.6 Å². The van der Waals surface area contributed by atoms with Gasteiger partial charge in [-0.1, -0.05) is 0 Å². The molecule has 0 aliphatic rings. The Kier molecular flexibility index (Phi) is 1.85. The number of aromatic nitrogens is 1. The minimum Gasteiger partial charge on any atom is -0.494 e. The molecule has 0 spiro atoms. The molecular formula is C10H12N2O. The van der Waals surface area contributed by atoms with E-state index in [2.05, 4.69) is 0 Å². The van der Waals surface area contributed by atoms with Gasteiger partial charge in [-0.2, -0.15) is 0 Å². The van der Waals surface area contributed by atoms with Crippen LogP contribution in [0.1, 0.15) is 6.92 Å². The maximum atomic E-state index is 5.68. The second-order valence-electron chi connectivity index (χ2n) is 2.88. The van der Waals surface area contributed by atoms with E-state index in [4.69, 9.17) is 10.6 Å². The summed E-state index contributed by atoms with van der Waals surface area (Å²) in [6, 6.07) is 7.84. The van der Waals surface area contributed by atoms with Crippen molar-refractivity contribution in [3.8, 4) is 5.75 Å². The zero-order valence-electron chi connectivity index (χ0n) is 7.53. The van der Waals surface area contributed by atoms with Crippen LogP contribution in [0, 0.1) is 0 Å². The molecule has 13 heavy (non-hydrogen) atoms. The number of nitrogen functional groups attached to an aromatic ring is 1. The highest BCUT2D eigenvalue weighted by molar-refractivity contribution is 5.81. The highest BCUT2D eigenvalue weighted by atomic mass is 16.5. The van der Waals surface area contributed by atoms with Crippen LogP contribution >= 0.6 is 0 Å². The third-order valence-corrected chi connectivity index (χ3v) is 2.00. The van der Waals surface area contributed by atoms with Crippen molar-refractivity contribution in [3.63, 3.8) is 0 Å². The van der Waals surface area contributed by atoms with Gasteiger partial charge in [0.15, 0.2) is 0 Å². The fourth-order valence-electron chi connectivity index (χ4n) is 1.40. The van der Waals surface area contributed by atoms with Gasteiger partial charge in [0.2, 0.25) is 0 Å². The molecule has 0 unspecified atom stereocenters. The van der Waals surface area contributed by atoms with Crippen molar-refractivity contribution in [1.29, 1.82) is 0 Å². The zero-order valence-corrected chi connectivity index (χ0v) is 7.53. The van der Waals surface area contributed by atoms with Gasteiger partial charge in [-0.15, -0.1) is 0 Å². The van der Waals surface area contributed by atoms with E-state index >= 15 is 0 Å². The first-order chi connectivity index (χ1) is 6.31. The number of hydrogen-bond acceptors (Lipinski definition) is 2. The first-order valence-corrected chi connectivity index (χ1v) is 4.30. The number of nitrogens with zero attached hydrogens (tertiary/aromatic N) is 1. The molecule has 0 bridgehead atoms. The summed E-state index contributed by atoms with van der Waals surface area (Å²) in [6.45, 7) is 2.66. The minimum atomic E-state index is 0.689. The Balaban J connectivity index is 2.50. The van der Waals surface area contributed by atoms with E-state index in [9.17, 15) is 0 Å². The quantitative estimate of drug-likeness (QED) is 0.708. The van der Waals surface area contributed by atoms with Gasteiger partial charge in [0, 0.05) is 11.6 Å². The Hall–Kier alpha value is -1.64. The number of ether oxygens (including phenoxy) is 1. The number of rotatable bonds is 2. The molecule has 0 aliphatic heterocycles. The van der Waals surface area contributed by atoms with Crippen LogP contribution in [0.2, 0.25) is 0 Å². The molecule has 0 atom stereocenters. The van der Waals surface area contributed by atoms with Gasteiger partial charge in [0.05, 0.1) is 12.1 Å². The monoisotopic (exact) mass is 176 g/mol. The second-order valence-corrected chi connectivity index (χ2v) is 2.88. The maximum Gasteiger partial charge on any atom is 0.120 e. The molecule has 1 heterocycles. The van der Waals surface area contributed by atoms with E-state index in [0.717, 1.165) is 16.7 Å². The third kappa shape index (κ3) is 1.33. The molecule has 3 heteroatoms. The van der Waals surface area contributed by atoms with Crippen LogP contribution in [-0.2, 0) is 0 Å². The summed E-state index contributed by atoms with van der Waals surface area (Å²) in [5.41, 5.74) is 1.02. The summed E-state index contributed by atoms with van der Waals surface area (Å²) in [7, 11) is 0. The smallest absolute Gasteiger partial charge is 0.120 e. The maximum absolute atomic E-state index is 5.68. The summed E-state index contributed by atoms with van der Waals surface area (Å²) in [6.07, 6.45) is 1.83. The van der Waals surface area contributed by atoms with Crippen LogP contribution < -0.4 is 10.6 Å². The second kappa shape index (κ2) is 3.01. The number of nitrogens with two attached hydrogens (primary N) is 1. The molecule has 0 amide bonds. The molecule has 0 saturated heterocycles. The van der Waals surface area contributed by atoms with E-state index < -0.39 is 0 Å². The lowest BCUT2D eigenvalue weighted by molar-refractivity contribution is 0.340. The Bertz CT molecular complexity index is 420. The van der Waals surface area contributed by atoms with Crippen LogP contribution in [0.15, 0.2) is 30.5 Å². The van der Waals surface area contributed by atoms with Crippen molar-refractivity contribution in [2.24, 2.45) is 0 Å². The largest absolute Gasteiger partial charge is 0.494 e. The van der Waals surface area contributed by atoms with E-state index in [1.165, 1.54) is 0 Å². The Labute approximate surface area is 76.7 Å². The normalized spacial score (nSPS) is 10.5. The zero-order chi connectivity index (χ0) is 9.26. The third-order valence-electron chi connectivity index (χ3n) is 2.00. The van der Waals surface area contributed by atoms with Gasteiger partial charge in [0.25, 0.3) is 0 Å². The standard InChI is InChI=1S/C10H12N2O/c1-2-13-9-3-4-10-8(7-9)5-6-12(10)11/h3-7H,2,11H2,1H3. The fraction of sp³-hybridized carbons (Fsp3) is 0.200. The Morgan fingerprint density at radius 2 is 2.23 bits per heavy atom. The summed E-state index contributed by atoms with van der Waals surface area (Å²) in [5, 5.41) is 1.11. The van der Waals surface area contributed by atoms with Gasteiger partial charge in [-0.3, -0.25) is 4.68 Å². The molecular weight excluding hydrogens is 164 g/mol. The van der Waals surface area contributed by atoms with E-state index in [1.807, 2.05) is 37.4 Å². The summed E-state index contributed by atoms with van der Waals surface area (Å²) >= 11 is 0. The van der Waals surface area contributed by atoms with Crippen LogP contribution in [0.5, 0.6) is 5.75 Å². The Morgan fingerprint density at radius 1 is 1.38 bits per heavy atom. The van der Waals surface area contributed by atoms with Crippen LogP contribution in [0.4, 0.5) is 0 Å².